The number of thiocarbonyl (C=S) groups is 1. The fourth-order valence-electron chi connectivity index (χ4n) is 4.35. The number of morpholine rings is 1. The summed E-state index contributed by atoms with van der Waals surface area (Å²) in [7, 11) is 1.86. The van der Waals surface area contributed by atoms with Gasteiger partial charge in [-0.1, -0.05) is 31.1 Å². The van der Waals surface area contributed by atoms with Gasteiger partial charge in [0, 0.05) is 31.4 Å². The van der Waals surface area contributed by atoms with E-state index in [-0.39, 0.29) is 36.4 Å². The lowest BCUT2D eigenvalue weighted by Gasteiger charge is -2.45. The fraction of sp³-hybridized carbons (Fsp3) is 0.579. The summed E-state index contributed by atoms with van der Waals surface area (Å²) in [5.41, 5.74) is 0.818. The van der Waals surface area contributed by atoms with Crippen molar-refractivity contribution in [2.45, 2.75) is 37.5 Å². The first-order valence-electron chi connectivity index (χ1n) is 9.13. The molecule has 2 fully saturated rings. The van der Waals surface area contributed by atoms with Gasteiger partial charge in [-0.25, -0.2) is 0 Å². The predicted molar refractivity (Wildman–Crippen MR) is 102 cm³/mol. The van der Waals surface area contributed by atoms with Crippen molar-refractivity contribution < 1.29 is 14.3 Å². The molecule has 1 aliphatic carbocycles. The minimum absolute atomic E-state index is 0.0148. The van der Waals surface area contributed by atoms with Gasteiger partial charge in [-0.2, -0.15) is 0 Å². The van der Waals surface area contributed by atoms with Gasteiger partial charge in [0.1, 0.15) is 13.2 Å². The molecule has 1 aromatic heterocycles. The second kappa shape index (κ2) is 8.22. The van der Waals surface area contributed by atoms with E-state index in [1.165, 1.54) is 4.90 Å². The van der Waals surface area contributed by atoms with Gasteiger partial charge in [0.25, 0.3) is 11.8 Å². The average molecular weight is 375 g/mol. The van der Waals surface area contributed by atoms with Gasteiger partial charge in [0.05, 0.1) is 4.99 Å². The van der Waals surface area contributed by atoms with E-state index in [4.69, 9.17) is 17.0 Å². The minimum atomic E-state index is -0.297. The van der Waals surface area contributed by atoms with Gasteiger partial charge in [0.2, 0.25) is 0 Å². The summed E-state index contributed by atoms with van der Waals surface area (Å²) in [5, 5.41) is 3.20. The molecule has 1 saturated carbocycles. The number of hydrogen-bond donors (Lipinski definition) is 1. The van der Waals surface area contributed by atoms with E-state index in [0.717, 1.165) is 42.7 Å². The van der Waals surface area contributed by atoms with Crippen LogP contribution in [0.1, 0.15) is 37.7 Å². The zero-order chi connectivity index (χ0) is 18.6. The third-order valence-electron chi connectivity index (χ3n) is 5.63. The molecule has 0 aromatic carbocycles. The normalized spacial score (nSPS) is 26.7. The van der Waals surface area contributed by atoms with Crippen molar-refractivity contribution in [1.29, 1.82) is 0 Å². The number of amides is 2. The third-order valence-corrected chi connectivity index (χ3v) is 6.20. The van der Waals surface area contributed by atoms with Crippen molar-refractivity contribution in [1.82, 2.24) is 15.2 Å². The van der Waals surface area contributed by atoms with E-state index in [0.29, 0.717) is 6.54 Å². The van der Waals surface area contributed by atoms with E-state index < -0.39 is 0 Å². The first-order valence-corrected chi connectivity index (χ1v) is 9.54. The molecule has 0 unspecified atom stereocenters. The Balaban J connectivity index is 1.86. The van der Waals surface area contributed by atoms with Crippen molar-refractivity contribution in [3.05, 3.63) is 30.1 Å². The number of carbonyl (C=O) groups is 2. The molecule has 2 heterocycles. The number of nitrogens with zero attached hydrogens (tertiary/aromatic N) is 2. The van der Waals surface area contributed by atoms with Crippen LogP contribution in [0.15, 0.2) is 24.5 Å². The number of ether oxygens (including phenoxy) is 1. The van der Waals surface area contributed by atoms with E-state index in [1.54, 1.807) is 6.20 Å². The lowest BCUT2D eigenvalue weighted by Crippen LogP contribution is -2.51. The van der Waals surface area contributed by atoms with Crippen LogP contribution in [0.3, 0.4) is 0 Å². The zero-order valence-corrected chi connectivity index (χ0v) is 15.9. The first kappa shape index (κ1) is 18.9. The highest BCUT2D eigenvalue weighted by Gasteiger charge is 2.45. The molecule has 26 heavy (non-hydrogen) atoms. The van der Waals surface area contributed by atoms with Crippen LogP contribution in [0, 0.1) is 5.92 Å². The van der Waals surface area contributed by atoms with Crippen molar-refractivity contribution in [3.63, 3.8) is 0 Å². The van der Waals surface area contributed by atoms with Crippen LogP contribution in [-0.2, 0) is 19.7 Å². The third kappa shape index (κ3) is 3.50. The number of imide groups is 1. The summed E-state index contributed by atoms with van der Waals surface area (Å²) in [4.78, 5) is 30.5. The number of rotatable bonds is 5. The fourth-order valence-corrected chi connectivity index (χ4v) is 4.74. The number of aromatic nitrogens is 1. The molecule has 1 N–H and O–H groups in total. The smallest absolute Gasteiger partial charge is 0.255 e. The number of likely N-dealkylation sites (N-methyl/N-ethyl adjacent to an activating group) is 1. The Morgan fingerprint density at radius 1 is 1.38 bits per heavy atom. The summed E-state index contributed by atoms with van der Waals surface area (Å²) < 4.78 is 5.00. The molecule has 2 amide bonds. The zero-order valence-electron chi connectivity index (χ0n) is 15.1. The Morgan fingerprint density at radius 2 is 2.15 bits per heavy atom. The molecule has 0 radical (unpaired) electrons. The SMILES string of the molecule is CNC(=S)[C@]1(c2cccnc2)CCCC[C@H]1CCN1C(=O)COCC1=O. The van der Waals surface area contributed by atoms with Crippen LogP contribution in [0.4, 0.5) is 0 Å². The summed E-state index contributed by atoms with van der Waals surface area (Å²) >= 11 is 5.76. The summed E-state index contributed by atoms with van der Waals surface area (Å²) in [6.07, 6.45) is 8.59. The maximum absolute atomic E-state index is 12.0. The van der Waals surface area contributed by atoms with E-state index >= 15 is 0 Å². The average Bonchev–Trinajstić information content (AvgIpc) is 2.68. The standard InChI is InChI=1S/C19H25N3O3S/c1-20-18(26)19(15-6-4-9-21-11-15)8-3-2-5-14(19)7-10-22-16(23)12-25-13-17(22)24/h4,6,9,11,14H,2-3,5,7-8,10,12-13H2,1H3,(H,20,26)/t14-,19+/m0/s1. The number of nitrogens with one attached hydrogen (secondary N) is 1. The molecule has 1 aromatic rings. The van der Waals surface area contributed by atoms with Gasteiger partial charge in [-0.05, 0) is 36.8 Å². The van der Waals surface area contributed by atoms with Crippen LogP contribution >= 0.6 is 12.2 Å². The molecule has 1 aliphatic heterocycles. The van der Waals surface area contributed by atoms with E-state index in [2.05, 4.69) is 16.4 Å². The first-order chi connectivity index (χ1) is 12.6. The van der Waals surface area contributed by atoms with Crippen LogP contribution < -0.4 is 5.32 Å². The van der Waals surface area contributed by atoms with Gasteiger partial charge in [0.15, 0.2) is 0 Å². The van der Waals surface area contributed by atoms with Gasteiger partial charge < -0.3 is 10.1 Å². The maximum Gasteiger partial charge on any atom is 0.255 e. The summed E-state index contributed by atoms with van der Waals surface area (Å²) in [6, 6.07) is 4.02. The molecule has 2 aliphatic rings. The second-order valence-electron chi connectivity index (χ2n) is 6.96. The number of hydrogen-bond acceptors (Lipinski definition) is 5. The Bertz CT molecular complexity index is 666. The van der Waals surface area contributed by atoms with Crippen LogP contribution in [-0.4, -0.2) is 53.5 Å². The molecule has 6 nitrogen and oxygen atoms in total. The van der Waals surface area contributed by atoms with Gasteiger partial charge >= 0.3 is 0 Å². The Hall–Kier alpha value is -1.86. The van der Waals surface area contributed by atoms with E-state index in [9.17, 15) is 9.59 Å². The maximum atomic E-state index is 12.0. The van der Waals surface area contributed by atoms with Crippen molar-refractivity contribution in [2.24, 2.45) is 5.92 Å². The molecule has 7 heteroatoms. The molecule has 2 atom stereocenters. The molecular formula is C19H25N3O3S. The minimum Gasteiger partial charge on any atom is -0.382 e. The quantitative estimate of drug-likeness (QED) is 0.625. The molecule has 0 bridgehead atoms. The highest BCUT2D eigenvalue weighted by Crippen LogP contribution is 2.46. The largest absolute Gasteiger partial charge is 0.382 e. The number of pyridine rings is 1. The van der Waals surface area contributed by atoms with Crippen molar-refractivity contribution >= 4 is 29.0 Å². The van der Waals surface area contributed by atoms with E-state index in [1.807, 2.05) is 19.3 Å². The van der Waals surface area contributed by atoms with Gasteiger partial charge in [-0.15, -0.1) is 0 Å². The molecular weight excluding hydrogens is 350 g/mol. The summed E-state index contributed by atoms with van der Waals surface area (Å²) in [5.74, 6) is -0.246. The Labute approximate surface area is 159 Å². The topological polar surface area (TPSA) is 71.5 Å². The Morgan fingerprint density at radius 3 is 2.81 bits per heavy atom. The van der Waals surface area contributed by atoms with Crippen molar-refractivity contribution in [3.8, 4) is 0 Å². The van der Waals surface area contributed by atoms with Crippen LogP contribution in [0.5, 0.6) is 0 Å². The molecule has 1 saturated heterocycles. The lowest BCUT2D eigenvalue weighted by atomic mass is 9.61. The molecule has 140 valence electrons. The summed E-state index contributed by atoms with van der Waals surface area (Å²) in [6.45, 7) is 0.387. The Kier molecular flexibility index (Phi) is 5.98. The highest BCUT2D eigenvalue weighted by atomic mass is 32.1. The molecule has 3 rings (SSSR count). The van der Waals surface area contributed by atoms with Crippen LogP contribution in [0.25, 0.3) is 0 Å². The number of carbonyl (C=O) groups excluding carboxylic acids is 2. The van der Waals surface area contributed by atoms with Gasteiger partial charge in [-0.3, -0.25) is 19.5 Å². The monoisotopic (exact) mass is 375 g/mol. The predicted octanol–water partition coefficient (Wildman–Crippen LogP) is 1.83. The molecule has 0 spiro atoms. The highest BCUT2D eigenvalue weighted by molar-refractivity contribution is 7.80. The van der Waals surface area contributed by atoms with Crippen molar-refractivity contribution in [2.75, 3.05) is 26.8 Å². The lowest BCUT2D eigenvalue weighted by molar-refractivity contribution is -0.158. The second-order valence-corrected chi connectivity index (χ2v) is 7.36. The van der Waals surface area contributed by atoms with Crippen LogP contribution in [0.2, 0.25) is 0 Å².